The lowest BCUT2D eigenvalue weighted by molar-refractivity contribution is -0.150. The molecule has 9 heteroatoms. The van der Waals surface area contributed by atoms with Gasteiger partial charge in [0.1, 0.15) is 24.9 Å². The predicted molar refractivity (Wildman–Crippen MR) is 115 cm³/mol. The van der Waals surface area contributed by atoms with E-state index in [1.807, 2.05) is 6.92 Å². The molecule has 3 aliphatic rings. The van der Waals surface area contributed by atoms with Crippen molar-refractivity contribution < 1.29 is 42.9 Å². The number of epoxide rings is 1. The van der Waals surface area contributed by atoms with Crippen LogP contribution in [-0.4, -0.2) is 60.5 Å². The Morgan fingerprint density at radius 2 is 1.94 bits per heavy atom. The lowest BCUT2D eigenvalue weighted by Crippen LogP contribution is -2.38. The largest absolute Gasteiger partial charge is 0.461 e. The number of hydrogen-bond acceptors (Lipinski definition) is 9. The van der Waals surface area contributed by atoms with Crippen molar-refractivity contribution in [3.63, 3.8) is 0 Å². The molecule has 2 fully saturated rings. The van der Waals surface area contributed by atoms with E-state index in [-0.39, 0.29) is 30.3 Å². The molecule has 1 aliphatic carbocycles. The van der Waals surface area contributed by atoms with Gasteiger partial charge in [-0.2, -0.15) is 0 Å². The number of hydrogen-bond donors (Lipinski definition) is 0. The highest BCUT2D eigenvalue weighted by Gasteiger charge is 2.58. The first-order valence-corrected chi connectivity index (χ1v) is 10.9. The van der Waals surface area contributed by atoms with Crippen LogP contribution in [0.4, 0.5) is 0 Å². The second-order valence-electron chi connectivity index (χ2n) is 8.83. The summed E-state index contributed by atoms with van der Waals surface area (Å²) in [5.74, 6) is -2.83. The van der Waals surface area contributed by atoms with Crippen LogP contribution < -0.4 is 0 Å². The van der Waals surface area contributed by atoms with Gasteiger partial charge in [0, 0.05) is 32.3 Å². The molecule has 9 nitrogen and oxygen atoms in total. The summed E-state index contributed by atoms with van der Waals surface area (Å²) in [4.78, 5) is 48.1. The number of ether oxygens (including phenoxy) is 5. The van der Waals surface area contributed by atoms with Gasteiger partial charge in [-0.05, 0) is 32.4 Å². The molecule has 0 spiro atoms. The first-order valence-electron chi connectivity index (χ1n) is 10.9. The highest BCUT2D eigenvalue weighted by Crippen LogP contribution is 2.48. The minimum absolute atomic E-state index is 0.176. The second-order valence-corrected chi connectivity index (χ2v) is 8.83. The van der Waals surface area contributed by atoms with Crippen LogP contribution in [0.1, 0.15) is 47.5 Å². The molecule has 6 atom stereocenters. The SMILES string of the molecule is C=C1C(=O)OC2/C=C(/C)C(OC(C)=O)CC3OC3(C)CC(OC(=O)/C(=C/C)COC(C)=O)C12. The van der Waals surface area contributed by atoms with Crippen molar-refractivity contribution in [3.05, 3.63) is 35.5 Å². The summed E-state index contributed by atoms with van der Waals surface area (Å²) in [7, 11) is 0. The summed E-state index contributed by atoms with van der Waals surface area (Å²) in [6, 6.07) is 0. The van der Waals surface area contributed by atoms with E-state index in [9.17, 15) is 19.2 Å². The van der Waals surface area contributed by atoms with Gasteiger partial charge in [0.2, 0.25) is 0 Å². The molecule has 33 heavy (non-hydrogen) atoms. The molecule has 2 heterocycles. The Balaban J connectivity index is 1.92. The molecular weight excluding hydrogens is 432 g/mol. The van der Waals surface area contributed by atoms with Crippen LogP contribution in [0.2, 0.25) is 0 Å². The Kier molecular flexibility index (Phi) is 7.11. The zero-order chi connectivity index (χ0) is 24.5. The van der Waals surface area contributed by atoms with Gasteiger partial charge in [-0.1, -0.05) is 12.7 Å². The van der Waals surface area contributed by atoms with Crippen LogP contribution >= 0.6 is 0 Å². The zero-order valence-electron chi connectivity index (χ0n) is 19.5. The van der Waals surface area contributed by atoms with Gasteiger partial charge in [-0.25, -0.2) is 9.59 Å². The van der Waals surface area contributed by atoms with Crippen LogP contribution in [0.3, 0.4) is 0 Å². The van der Waals surface area contributed by atoms with Gasteiger partial charge >= 0.3 is 23.9 Å². The van der Waals surface area contributed by atoms with Gasteiger partial charge in [0.15, 0.2) is 0 Å². The highest BCUT2D eigenvalue weighted by atomic mass is 16.6. The number of esters is 4. The van der Waals surface area contributed by atoms with Crippen LogP contribution in [0.15, 0.2) is 35.5 Å². The molecule has 0 aromatic rings. The number of allylic oxidation sites excluding steroid dienone is 1. The highest BCUT2D eigenvalue weighted by molar-refractivity contribution is 5.92. The van der Waals surface area contributed by atoms with Crippen LogP contribution in [0, 0.1) is 5.92 Å². The van der Waals surface area contributed by atoms with Crippen molar-refractivity contribution in [2.24, 2.45) is 5.92 Å². The summed E-state index contributed by atoms with van der Waals surface area (Å²) >= 11 is 0. The van der Waals surface area contributed by atoms with Crippen LogP contribution in [0.5, 0.6) is 0 Å². The van der Waals surface area contributed by atoms with Crippen molar-refractivity contribution >= 4 is 23.9 Å². The van der Waals surface area contributed by atoms with E-state index in [0.717, 1.165) is 0 Å². The molecule has 0 saturated carbocycles. The number of carbonyl (C=O) groups is 4. The average Bonchev–Trinajstić information content (AvgIpc) is 3.25. The molecule has 3 rings (SSSR count). The fraction of sp³-hybridized carbons (Fsp3) is 0.583. The molecule has 0 bridgehead atoms. The molecule has 6 unspecified atom stereocenters. The van der Waals surface area contributed by atoms with E-state index in [1.165, 1.54) is 19.9 Å². The van der Waals surface area contributed by atoms with Crippen LogP contribution in [0.25, 0.3) is 0 Å². The minimum atomic E-state index is -0.780. The average molecular weight is 462 g/mol. The smallest absolute Gasteiger partial charge is 0.337 e. The minimum Gasteiger partial charge on any atom is -0.461 e. The molecule has 0 aromatic heterocycles. The molecule has 180 valence electrons. The monoisotopic (exact) mass is 462 g/mol. The maximum atomic E-state index is 12.9. The number of carbonyl (C=O) groups excluding carboxylic acids is 4. The zero-order valence-corrected chi connectivity index (χ0v) is 19.5. The molecule has 2 aliphatic heterocycles. The third-order valence-electron chi connectivity index (χ3n) is 6.28. The summed E-state index contributed by atoms with van der Waals surface area (Å²) < 4.78 is 27.7. The van der Waals surface area contributed by atoms with Gasteiger partial charge in [0.05, 0.1) is 23.2 Å². The van der Waals surface area contributed by atoms with Gasteiger partial charge in [0.25, 0.3) is 0 Å². The third kappa shape index (κ3) is 5.52. The summed E-state index contributed by atoms with van der Waals surface area (Å²) in [5.41, 5.74) is 0.421. The number of rotatable bonds is 5. The molecule has 0 radical (unpaired) electrons. The quantitative estimate of drug-likeness (QED) is 0.199. The van der Waals surface area contributed by atoms with Crippen molar-refractivity contribution in [2.75, 3.05) is 6.61 Å². The molecule has 2 saturated heterocycles. The van der Waals surface area contributed by atoms with E-state index in [2.05, 4.69) is 6.58 Å². The van der Waals surface area contributed by atoms with E-state index < -0.39 is 53.7 Å². The van der Waals surface area contributed by atoms with E-state index >= 15 is 0 Å². The Bertz CT molecular complexity index is 930. The number of fused-ring (bicyclic) bond motifs is 2. The predicted octanol–water partition coefficient (Wildman–Crippen LogP) is 2.33. The third-order valence-corrected chi connectivity index (χ3v) is 6.28. The fourth-order valence-corrected chi connectivity index (χ4v) is 4.33. The van der Waals surface area contributed by atoms with E-state index in [1.54, 1.807) is 19.9 Å². The maximum Gasteiger partial charge on any atom is 0.337 e. The lowest BCUT2D eigenvalue weighted by atomic mass is 9.82. The van der Waals surface area contributed by atoms with Crippen molar-refractivity contribution in [3.8, 4) is 0 Å². The molecule has 0 amide bonds. The summed E-state index contributed by atoms with van der Waals surface area (Å²) in [5, 5.41) is 0. The Morgan fingerprint density at radius 1 is 1.24 bits per heavy atom. The normalized spacial score (nSPS) is 35.2. The van der Waals surface area contributed by atoms with E-state index in [4.69, 9.17) is 23.7 Å². The fourth-order valence-electron chi connectivity index (χ4n) is 4.33. The first kappa shape index (κ1) is 24.7. The van der Waals surface area contributed by atoms with Gasteiger partial charge in [-0.15, -0.1) is 0 Å². The molecular formula is C24H30O9. The topological polar surface area (TPSA) is 118 Å². The second kappa shape index (κ2) is 9.51. The Labute approximate surface area is 192 Å². The van der Waals surface area contributed by atoms with Crippen molar-refractivity contribution in [2.45, 2.75) is 77.5 Å². The summed E-state index contributed by atoms with van der Waals surface area (Å²) in [6.45, 7) is 11.6. The van der Waals surface area contributed by atoms with Crippen LogP contribution in [-0.2, 0) is 42.9 Å². The summed E-state index contributed by atoms with van der Waals surface area (Å²) in [6.07, 6.45) is 1.66. The standard InChI is InChI=1S/C24H30O9/c1-7-16(11-29-14(4)25)23(28)32-19-10-24(6)20(33-24)9-17(30-15(5)26)12(2)8-18-21(19)13(3)22(27)31-18/h7-8,17-21H,3,9-11H2,1-2,4-6H3/b12-8-,16-7+. The Hall–Kier alpha value is -2.94. The first-order chi connectivity index (χ1) is 15.4. The maximum absolute atomic E-state index is 12.9. The van der Waals surface area contributed by atoms with Crippen molar-refractivity contribution in [1.82, 2.24) is 0 Å². The van der Waals surface area contributed by atoms with Crippen molar-refractivity contribution in [1.29, 1.82) is 0 Å². The van der Waals surface area contributed by atoms with Gasteiger partial charge in [-0.3, -0.25) is 9.59 Å². The Morgan fingerprint density at radius 3 is 2.55 bits per heavy atom. The van der Waals surface area contributed by atoms with Gasteiger partial charge < -0.3 is 23.7 Å². The molecule has 0 aromatic carbocycles. The lowest BCUT2D eigenvalue weighted by Gasteiger charge is -2.29. The van der Waals surface area contributed by atoms with E-state index in [0.29, 0.717) is 12.0 Å². The molecule has 0 N–H and O–H groups in total.